The summed E-state index contributed by atoms with van der Waals surface area (Å²) in [6.07, 6.45) is 9.18. The first-order chi connectivity index (χ1) is 16.5. The minimum atomic E-state index is -0.0991. The highest BCUT2D eigenvalue weighted by molar-refractivity contribution is 5.97. The van der Waals surface area contributed by atoms with Crippen molar-refractivity contribution in [2.24, 2.45) is 5.92 Å². The first kappa shape index (κ1) is 22.4. The van der Waals surface area contributed by atoms with Crippen molar-refractivity contribution >= 4 is 35.0 Å². The van der Waals surface area contributed by atoms with E-state index in [1.807, 2.05) is 6.07 Å². The number of fused-ring (bicyclic) bond motifs is 1. The molecule has 2 fully saturated rings. The lowest BCUT2D eigenvalue weighted by Gasteiger charge is -2.30. The smallest absolute Gasteiger partial charge is 0.251 e. The number of amides is 2. The molecule has 2 aromatic rings. The molecule has 9 heteroatoms. The van der Waals surface area contributed by atoms with Crippen molar-refractivity contribution in [3.63, 3.8) is 0 Å². The van der Waals surface area contributed by atoms with Crippen molar-refractivity contribution in [1.29, 1.82) is 0 Å². The van der Waals surface area contributed by atoms with Crippen LogP contribution in [0.1, 0.15) is 55.3 Å². The molecule has 2 heterocycles. The summed E-state index contributed by atoms with van der Waals surface area (Å²) in [7, 11) is 3.36. The van der Waals surface area contributed by atoms with Crippen molar-refractivity contribution in [1.82, 2.24) is 15.3 Å². The summed E-state index contributed by atoms with van der Waals surface area (Å²) in [6.45, 7) is 1.38. The Balaban J connectivity index is 1.40. The maximum atomic E-state index is 12.5. The van der Waals surface area contributed by atoms with E-state index in [0.717, 1.165) is 30.9 Å². The number of benzene rings is 1. The second-order valence-corrected chi connectivity index (χ2v) is 9.43. The number of rotatable bonds is 7. The quantitative estimate of drug-likeness (QED) is 0.647. The van der Waals surface area contributed by atoms with Gasteiger partial charge in [-0.2, -0.15) is 4.98 Å². The molecule has 0 saturated heterocycles. The number of hydrogen-bond acceptors (Lipinski definition) is 7. The van der Waals surface area contributed by atoms with E-state index in [0.29, 0.717) is 47.9 Å². The van der Waals surface area contributed by atoms with E-state index in [1.165, 1.54) is 25.7 Å². The van der Waals surface area contributed by atoms with Gasteiger partial charge in [0.2, 0.25) is 11.9 Å². The van der Waals surface area contributed by atoms with Crippen LogP contribution in [0.3, 0.4) is 0 Å². The third-order valence-electron chi connectivity index (χ3n) is 7.05. The Bertz CT molecular complexity index is 1080. The van der Waals surface area contributed by atoms with Gasteiger partial charge >= 0.3 is 0 Å². The van der Waals surface area contributed by atoms with E-state index in [-0.39, 0.29) is 11.8 Å². The second kappa shape index (κ2) is 9.48. The first-order valence-electron chi connectivity index (χ1n) is 12.2. The Labute approximate surface area is 199 Å². The van der Waals surface area contributed by atoms with Gasteiger partial charge in [-0.3, -0.25) is 9.59 Å². The summed E-state index contributed by atoms with van der Waals surface area (Å²) in [6, 6.07) is 5.70. The number of methoxy groups -OCH3 is 1. The van der Waals surface area contributed by atoms with Crippen LogP contribution >= 0.6 is 0 Å². The highest BCUT2D eigenvalue weighted by Crippen LogP contribution is 2.37. The monoisotopic (exact) mass is 464 g/mol. The highest BCUT2D eigenvalue weighted by Gasteiger charge is 2.31. The molecule has 0 atom stereocenters. The normalized spacial score (nSPS) is 18.5. The third-order valence-corrected chi connectivity index (χ3v) is 7.05. The van der Waals surface area contributed by atoms with Gasteiger partial charge in [0.25, 0.3) is 5.91 Å². The molecule has 2 amide bonds. The summed E-state index contributed by atoms with van der Waals surface area (Å²) in [5.74, 6) is 2.34. The maximum Gasteiger partial charge on any atom is 0.251 e. The van der Waals surface area contributed by atoms with Gasteiger partial charge in [0, 0.05) is 38.2 Å². The van der Waals surface area contributed by atoms with Crippen LogP contribution in [0.15, 0.2) is 24.4 Å². The van der Waals surface area contributed by atoms with Crippen LogP contribution in [0.2, 0.25) is 0 Å². The van der Waals surface area contributed by atoms with E-state index in [2.05, 4.69) is 20.5 Å². The maximum absolute atomic E-state index is 12.5. The molecule has 5 rings (SSSR count). The fourth-order valence-corrected chi connectivity index (χ4v) is 4.79. The standard InChI is InChI=1S/C25H32N6O3/c1-30-20-15-27-25(29-23(20)31(12-11-22(30)32)18-5-3-4-6-18)28-19-10-9-17(13-21(19)34-2)24(33)26-14-16-7-8-16/h9-10,13,15-16,18H,3-8,11-12,14H2,1-2H3,(H,26,33)(H,27,28,29). The van der Waals surface area contributed by atoms with Gasteiger partial charge in [-0.25, -0.2) is 4.98 Å². The lowest BCUT2D eigenvalue weighted by atomic mass is 10.1. The number of nitrogens with one attached hydrogen (secondary N) is 2. The zero-order valence-corrected chi connectivity index (χ0v) is 19.8. The van der Waals surface area contributed by atoms with Crippen LogP contribution < -0.4 is 25.2 Å². The SMILES string of the molecule is COc1cc(C(=O)NCC2CC2)ccc1Nc1ncc2c(n1)N(C1CCCC1)CCC(=O)N2C. The molecule has 180 valence electrons. The average Bonchev–Trinajstić information content (AvgIpc) is 3.56. The number of carbonyl (C=O) groups excluding carboxylic acids is 2. The van der Waals surface area contributed by atoms with E-state index in [4.69, 9.17) is 9.72 Å². The Morgan fingerprint density at radius 3 is 2.74 bits per heavy atom. The number of anilines is 4. The van der Waals surface area contributed by atoms with Crippen molar-refractivity contribution in [2.45, 2.75) is 51.0 Å². The zero-order valence-electron chi connectivity index (χ0n) is 19.8. The number of aromatic nitrogens is 2. The van der Waals surface area contributed by atoms with Crippen molar-refractivity contribution in [3.8, 4) is 5.75 Å². The van der Waals surface area contributed by atoms with Gasteiger partial charge in [-0.05, 0) is 49.8 Å². The van der Waals surface area contributed by atoms with Gasteiger partial charge in [0.05, 0.1) is 19.0 Å². The molecule has 34 heavy (non-hydrogen) atoms. The lowest BCUT2D eigenvalue weighted by Crippen LogP contribution is -2.34. The third kappa shape index (κ3) is 4.64. The molecule has 1 aromatic carbocycles. The summed E-state index contributed by atoms with van der Waals surface area (Å²) in [5.41, 5.74) is 1.96. The molecule has 2 aliphatic carbocycles. The molecular formula is C25H32N6O3. The van der Waals surface area contributed by atoms with Crippen molar-refractivity contribution < 1.29 is 14.3 Å². The van der Waals surface area contributed by atoms with E-state index >= 15 is 0 Å². The van der Waals surface area contributed by atoms with Crippen LogP contribution in [0.25, 0.3) is 0 Å². The van der Waals surface area contributed by atoms with Crippen LogP contribution in [0.5, 0.6) is 5.75 Å². The minimum Gasteiger partial charge on any atom is -0.495 e. The molecule has 0 unspecified atom stereocenters. The predicted molar refractivity (Wildman–Crippen MR) is 131 cm³/mol. The molecule has 2 N–H and O–H groups in total. The number of hydrogen-bond donors (Lipinski definition) is 2. The van der Waals surface area contributed by atoms with Gasteiger partial charge < -0.3 is 25.2 Å². The van der Waals surface area contributed by atoms with Crippen LogP contribution in [0.4, 0.5) is 23.1 Å². The molecule has 0 spiro atoms. The zero-order chi connectivity index (χ0) is 23.7. The van der Waals surface area contributed by atoms with Gasteiger partial charge in [0.1, 0.15) is 11.4 Å². The fourth-order valence-electron chi connectivity index (χ4n) is 4.79. The van der Waals surface area contributed by atoms with Gasteiger partial charge in [0.15, 0.2) is 5.82 Å². The average molecular weight is 465 g/mol. The Kier molecular flexibility index (Phi) is 6.26. The Morgan fingerprint density at radius 1 is 1.21 bits per heavy atom. The van der Waals surface area contributed by atoms with Crippen LogP contribution in [-0.2, 0) is 4.79 Å². The topological polar surface area (TPSA) is 99.7 Å². The molecule has 0 radical (unpaired) electrons. The van der Waals surface area contributed by atoms with E-state index < -0.39 is 0 Å². The molecule has 1 aromatic heterocycles. The fraction of sp³-hybridized carbons (Fsp3) is 0.520. The molecule has 9 nitrogen and oxygen atoms in total. The molecule has 0 bridgehead atoms. The molecule has 2 saturated carbocycles. The van der Waals surface area contributed by atoms with Crippen molar-refractivity contribution in [2.75, 3.05) is 42.4 Å². The number of carbonyl (C=O) groups is 2. The summed E-state index contributed by atoms with van der Waals surface area (Å²) >= 11 is 0. The lowest BCUT2D eigenvalue weighted by molar-refractivity contribution is -0.118. The van der Waals surface area contributed by atoms with Crippen LogP contribution in [-0.4, -0.2) is 55.1 Å². The van der Waals surface area contributed by atoms with Gasteiger partial charge in [-0.15, -0.1) is 0 Å². The second-order valence-electron chi connectivity index (χ2n) is 9.43. The summed E-state index contributed by atoms with van der Waals surface area (Å²) in [4.78, 5) is 38.3. The number of ether oxygens (including phenoxy) is 1. The number of nitrogens with zero attached hydrogens (tertiary/aromatic N) is 4. The molecule has 1 aliphatic heterocycles. The Morgan fingerprint density at radius 2 is 2.00 bits per heavy atom. The summed E-state index contributed by atoms with van der Waals surface area (Å²) < 4.78 is 5.55. The molecular weight excluding hydrogens is 432 g/mol. The minimum absolute atomic E-state index is 0.0725. The van der Waals surface area contributed by atoms with Crippen LogP contribution in [0, 0.1) is 5.92 Å². The molecule has 3 aliphatic rings. The Hall–Kier alpha value is -3.36. The van der Waals surface area contributed by atoms with Crippen molar-refractivity contribution in [3.05, 3.63) is 30.0 Å². The predicted octanol–water partition coefficient (Wildman–Crippen LogP) is 3.48. The van der Waals surface area contributed by atoms with E-state index in [1.54, 1.807) is 37.4 Å². The summed E-state index contributed by atoms with van der Waals surface area (Å²) in [5, 5.41) is 6.23. The first-order valence-corrected chi connectivity index (χ1v) is 12.2. The largest absolute Gasteiger partial charge is 0.495 e. The van der Waals surface area contributed by atoms with Gasteiger partial charge in [-0.1, -0.05) is 12.8 Å². The highest BCUT2D eigenvalue weighted by atomic mass is 16.5. The van der Waals surface area contributed by atoms with E-state index in [9.17, 15) is 9.59 Å².